The summed E-state index contributed by atoms with van der Waals surface area (Å²) < 4.78 is 6.42. The van der Waals surface area contributed by atoms with Gasteiger partial charge in [0.2, 0.25) is 0 Å². The number of carbonyl (C=O) groups is 1. The van der Waals surface area contributed by atoms with Gasteiger partial charge in [0.05, 0.1) is 16.5 Å². The van der Waals surface area contributed by atoms with E-state index in [2.05, 4.69) is 11.1 Å². The van der Waals surface area contributed by atoms with Gasteiger partial charge in [-0.1, -0.05) is 35.1 Å². The van der Waals surface area contributed by atoms with Crippen LogP contribution in [0, 0.1) is 0 Å². The number of allylic oxidation sites excluding steroid dienone is 1. The topological polar surface area (TPSA) is 46.3 Å². The SMILES string of the molecule is O=C(c1ccco1)N(CCC1=CCCCC1)c1nc2ccccc2s1. The number of hydrogen-bond donors (Lipinski definition) is 0. The highest BCUT2D eigenvalue weighted by atomic mass is 32.1. The van der Waals surface area contributed by atoms with E-state index in [1.165, 1.54) is 24.7 Å². The van der Waals surface area contributed by atoms with Crippen LogP contribution >= 0.6 is 11.3 Å². The van der Waals surface area contributed by atoms with E-state index < -0.39 is 0 Å². The minimum absolute atomic E-state index is 0.125. The number of fused-ring (bicyclic) bond motifs is 1. The Kier molecular flexibility index (Phi) is 4.65. The molecule has 25 heavy (non-hydrogen) atoms. The first-order valence-electron chi connectivity index (χ1n) is 8.70. The normalized spacial score (nSPS) is 14.5. The van der Waals surface area contributed by atoms with Crippen LogP contribution in [0.2, 0.25) is 0 Å². The first-order chi connectivity index (χ1) is 12.3. The van der Waals surface area contributed by atoms with Crippen LogP contribution < -0.4 is 4.90 Å². The van der Waals surface area contributed by atoms with Gasteiger partial charge in [0.25, 0.3) is 5.91 Å². The van der Waals surface area contributed by atoms with E-state index in [0.717, 1.165) is 34.6 Å². The van der Waals surface area contributed by atoms with Crippen LogP contribution in [0.4, 0.5) is 5.13 Å². The second-order valence-electron chi connectivity index (χ2n) is 6.26. The molecule has 1 amide bonds. The van der Waals surface area contributed by atoms with Crippen LogP contribution in [-0.4, -0.2) is 17.4 Å². The van der Waals surface area contributed by atoms with Gasteiger partial charge in [-0.3, -0.25) is 9.69 Å². The summed E-state index contributed by atoms with van der Waals surface area (Å²) in [7, 11) is 0. The monoisotopic (exact) mass is 352 g/mol. The lowest BCUT2D eigenvalue weighted by atomic mass is 9.97. The second-order valence-corrected chi connectivity index (χ2v) is 7.27. The van der Waals surface area contributed by atoms with Crippen molar-refractivity contribution in [2.24, 2.45) is 0 Å². The summed E-state index contributed by atoms with van der Waals surface area (Å²) in [5.41, 5.74) is 2.38. The van der Waals surface area contributed by atoms with Crippen molar-refractivity contribution in [2.45, 2.75) is 32.1 Å². The fraction of sp³-hybridized carbons (Fsp3) is 0.300. The van der Waals surface area contributed by atoms with Gasteiger partial charge in [-0.15, -0.1) is 0 Å². The zero-order valence-electron chi connectivity index (χ0n) is 14.0. The Morgan fingerprint density at radius 1 is 1.20 bits per heavy atom. The molecule has 0 bridgehead atoms. The number of para-hydroxylation sites is 1. The van der Waals surface area contributed by atoms with Crippen LogP contribution in [0.25, 0.3) is 10.2 Å². The minimum Gasteiger partial charge on any atom is -0.459 e. The molecule has 0 fully saturated rings. The number of aromatic nitrogens is 1. The van der Waals surface area contributed by atoms with Crippen molar-refractivity contribution in [1.29, 1.82) is 0 Å². The third kappa shape index (κ3) is 3.51. The number of benzene rings is 1. The van der Waals surface area contributed by atoms with Gasteiger partial charge < -0.3 is 4.42 Å². The molecule has 0 spiro atoms. The number of anilines is 1. The zero-order valence-corrected chi connectivity index (χ0v) is 14.8. The summed E-state index contributed by atoms with van der Waals surface area (Å²) in [5.74, 6) is 0.234. The zero-order chi connectivity index (χ0) is 17.1. The molecule has 2 aromatic heterocycles. The highest BCUT2D eigenvalue weighted by Gasteiger charge is 2.23. The van der Waals surface area contributed by atoms with Crippen molar-refractivity contribution >= 4 is 32.6 Å². The number of rotatable bonds is 5. The third-order valence-corrected chi connectivity index (χ3v) is 5.59. The van der Waals surface area contributed by atoms with Crippen LogP contribution in [0.3, 0.4) is 0 Å². The Hall–Kier alpha value is -2.40. The van der Waals surface area contributed by atoms with E-state index >= 15 is 0 Å². The van der Waals surface area contributed by atoms with Crippen LogP contribution in [0.5, 0.6) is 0 Å². The van der Waals surface area contributed by atoms with Gasteiger partial charge in [0.15, 0.2) is 10.9 Å². The van der Waals surface area contributed by atoms with Crippen LogP contribution in [0.1, 0.15) is 42.7 Å². The lowest BCUT2D eigenvalue weighted by Crippen LogP contribution is -2.32. The molecule has 5 heteroatoms. The summed E-state index contributed by atoms with van der Waals surface area (Å²) >= 11 is 1.55. The average molecular weight is 352 g/mol. The first-order valence-corrected chi connectivity index (χ1v) is 9.52. The molecular formula is C20H20N2O2S. The Morgan fingerprint density at radius 2 is 2.12 bits per heavy atom. The number of hydrogen-bond acceptors (Lipinski definition) is 4. The highest BCUT2D eigenvalue weighted by molar-refractivity contribution is 7.22. The Morgan fingerprint density at radius 3 is 2.88 bits per heavy atom. The van der Waals surface area contributed by atoms with Gasteiger partial charge in [-0.2, -0.15) is 0 Å². The smallest absolute Gasteiger partial charge is 0.295 e. The van der Waals surface area contributed by atoms with Gasteiger partial charge in [0, 0.05) is 6.54 Å². The molecular weight excluding hydrogens is 332 g/mol. The molecule has 0 unspecified atom stereocenters. The molecule has 0 N–H and O–H groups in total. The maximum Gasteiger partial charge on any atom is 0.295 e. The average Bonchev–Trinajstić information content (AvgIpc) is 3.32. The van der Waals surface area contributed by atoms with E-state index in [1.807, 2.05) is 24.3 Å². The molecule has 4 rings (SSSR count). The number of carbonyl (C=O) groups excluding carboxylic acids is 1. The molecule has 1 aromatic carbocycles. The fourth-order valence-corrected chi connectivity index (χ4v) is 4.17. The number of amides is 1. The third-order valence-electron chi connectivity index (χ3n) is 4.53. The van der Waals surface area contributed by atoms with Gasteiger partial charge in [-0.05, 0) is 56.4 Å². The van der Waals surface area contributed by atoms with E-state index in [1.54, 1.807) is 28.4 Å². The predicted molar refractivity (Wildman–Crippen MR) is 101 cm³/mol. The number of furan rings is 1. The molecule has 3 aromatic rings. The van der Waals surface area contributed by atoms with Crippen molar-refractivity contribution in [3.05, 3.63) is 60.1 Å². The van der Waals surface area contributed by atoms with Crippen molar-refractivity contribution in [3.8, 4) is 0 Å². The van der Waals surface area contributed by atoms with Gasteiger partial charge in [-0.25, -0.2) is 4.98 Å². The predicted octanol–water partition coefficient (Wildman–Crippen LogP) is 5.43. The summed E-state index contributed by atoms with van der Waals surface area (Å²) in [6.45, 7) is 0.630. The quantitative estimate of drug-likeness (QED) is 0.575. The van der Waals surface area contributed by atoms with Crippen molar-refractivity contribution < 1.29 is 9.21 Å². The van der Waals surface area contributed by atoms with Crippen molar-refractivity contribution in [3.63, 3.8) is 0 Å². The molecule has 2 heterocycles. The van der Waals surface area contributed by atoms with Crippen molar-refractivity contribution in [1.82, 2.24) is 4.98 Å². The summed E-state index contributed by atoms with van der Waals surface area (Å²) in [4.78, 5) is 19.4. The summed E-state index contributed by atoms with van der Waals surface area (Å²) in [5, 5.41) is 0.735. The van der Waals surface area contributed by atoms with Crippen LogP contribution in [0.15, 0.2) is 58.7 Å². The Balaban J connectivity index is 1.62. The lowest BCUT2D eigenvalue weighted by molar-refractivity contribution is 0.0960. The summed E-state index contributed by atoms with van der Waals surface area (Å²) in [6.07, 6.45) is 9.58. The largest absolute Gasteiger partial charge is 0.459 e. The maximum absolute atomic E-state index is 12.9. The molecule has 0 saturated heterocycles. The lowest BCUT2D eigenvalue weighted by Gasteiger charge is -2.20. The highest BCUT2D eigenvalue weighted by Crippen LogP contribution is 2.30. The molecule has 4 nitrogen and oxygen atoms in total. The van der Waals surface area contributed by atoms with Crippen LogP contribution in [-0.2, 0) is 0 Å². The minimum atomic E-state index is -0.125. The van der Waals surface area contributed by atoms with E-state index in [4.69, 9.17) is 4.42 Å². The number of thiazole rings is 1. The van der Waals surface area contributed by atoms with Gasteiger partial charge in [0.1, 0.15) is 0 Å². The number of nitrogens with zero attached hydrogens (tertiary/aromatic N) is 2. The molecule has 0 radical (unpaired) electrons. The molecule has 0 aliphatic heterocycles. The second kappa shape index (κ2) is 7.23. The first kappa shape index (κ1) is 16.1. The molecule has 0 saturated carbocycles. The maximum atomic E-state index is 12.9. The van der Waals surface area contributed by atoms with Gasteiger partial charge >= 0.3 is 0 Å². The Labute approximate surface area is 150 Å². The van der Waals surface area contributed by atoms with E-state index in [9.17, 15) is 4.79 Å². The molecule has 1 aliphatic carbocycles. The molecule has 1 aliphatic rings. The van der Waals surface area contributed by atoms with E-state index in [-0.39, 0.29) is 5.91 Å². The standard InChI is InChI=1S/C20H20N2O2S/c23-19(17-10-6-14-24-17)22(13-12-15-7-2-1-3-8-15)20-21-16-9-4-5-11-18(16)25-20/h4-7,9-11,14H,1-3,8,12-13H2. The van der Waals surface area contributed by atoms with E-state index in [0.29, 0.717) is 12.3 Å². The molecule has 0 atom stereocenters. The fourth-order valence-electron chi connectivity index (χ4n) is 3.18. The summed E-state index contributed by atoms with van der Waals surface area (Å²) in [6, 6.07) is 11.4. The molecule has 128 valence electrons. The Bertz CT molecular complexity index is 862. The van der Waals surface area contributed by atoms with Crippen molar-refractivity contribution in [2.75, 3.05) is 11.4 Å².